The molecule has 0 fully saturated rings. The van der Waals surface area contributed by atoms with Crippen molar-refractivity contribution in [2.75, 3.05) is 4.72 Å². The van der Waals surface area contributed by atoms with Crippen LogP contribution < -0.4 is 9.86 Å². The Labute approximate surface area is 149 Å². The van der Waals surface area contributed by atoms with Gasteiger partial charge in [-0.25, -0.2) is 22.0 Å². The molecule has 0 atom stereocenters. The molecule has 7 nitrogen and oxygen atoms in total. The van der Waals surface area contributed by atoms with Gasteiger partial charge in [0.1, 0.15) is 0 Å². The van der Waals surface area contributed by atoms with Crippen molar-refractivity contribution >= 4 is 48.2 Å². The second-order valence-electron chi connectivity index (χ2n) is 5.16. The monoisotopic (exact) mass is 397 g/mol. The molecule has 1 heterocycles. The zero-order valence-electron chi connectivity index (χ0n) is 12.5. The van der Waals surface area contributed by atoms with Gasteiger partial charge in [-0.3, -0.25) is 9.71 Å². The molecule has 0 unspecified atom stereocenters. The first-order valence-corrected chi connectivity index (χ1v) is 10.3. The molecule has 0 saturated carbocycles. The van der Waals surface area contributed by atoms with Gasteiger partial charge in [0.05, 0.1) is 32.2 Å². The van der Waals surface area contributed by atoms with E-state index in [1.165, 1.54) is 24.4 Å². The summed E-state index contributed by atoms with van der Waals surface area (Å²) in [6.07, 6.45) is 1.33. The van der Waals surface area contributed by atoms with Crippen molar-refractivity contribution in [3.05, 3.63) is 59.8 Å². The quantitative estimate of drug-likeness (QED) is 0.700. The van der Waals surface area contributed by atoms with Gasteiger partial charge < -0.3 is 0 Å². The van der Waals surface area contributed by atoms with Crippen LogP contribution in [0.4, 0.5) is 5.69 Å². The molecule has 0 amide bonds. The molecule has 0 aliphatic rings. The van der Waals surface area contributed by atoms with Crippen LogP contribution in [0.1, 0.15) is 0 Å². The number of nitrogens with one attached hydrogen (secondary N) is 1. The fraction of sp³-hybridized carbons (Fsp3) is 0. The van der Waals surface area contributed by atoms with Crippen molar-refractivity contribution in [3.8, 4) is 0 Å². The summed E-state index contributed by atoms with van der Waals surface area (Å²) in [6.45, 7) is 0. The Hall–Kier alpha value is -2.20. The van der Waals surface area contributed by atoms with Gasteiger partial charge in [0.25, 0.3) is 10.0 Å². The largest absolute Gasteiger partial charge is 0.278 e. The molecule has 130 valence electrons. The molecular weight excluding hydrogens is 386 g/mol. The number of pyridine rings is 1. The number of halogens is 1. The number of hydrogen-bond donors (Lipinski definition) is 2. The topological polar surface area (TPSA) is 119 Å². The summed E-state index contributed by atoms with van der Waals surface area (Å²) in [7, 11) is -8.03. The van der Waals surface area contributed by atoms with E-state index in [0.717, 1.165) is 6.07 Å². The van der Waals surface area contributed by atoms with Crippen LogP contribution in [0, 0.1) is 0 Å². The molecule has 2 aromatic carbocycles. The van der Waals surface area contributed by atoms with Gasteiger partial charge in [0.2, 0.25) is 10.0 Å². The molecule has 1 aromatic heterocycles. The number of aromatic nitrogens is 1. The van der Waals surface area contributed by atoms with E-state index in [1.807, 2.05) is 0 Å². The van der Waals surface area contributed by atoms with E-state index >= 15 is 0 Å². The van der Waals surface area contributed by atoms with E-state index in [1.54, 1.807) is 24.3 Å². The van der Waals surface area contributed by atoms with E-state index < -0.39 is 20.0 Å². The smallest absolute Gasteiger partial charge is 0.261 e. The fourth-order valence-electron chi connectivity index (χ4n) is 2.21. The Kier molecular flexibility index (Phi) is 4.41. The summed E-state index contributed by atoms with van der Waals surface area (Å²) < 4.78 is 50.1. The first kappa shape index (κ1) is 17.6. The number of hydrogen-bond acceptors (Lipinski definition) is 5. The van der Waals surface area contributed by atoms with Gasteiger partial charge in [0.15, 0.2) is 0 Å². The van der Waals surface area contributed by atoms with Crippen molar-refractivity contribution in [1.82, 2.24) is 4.98 Å². The first-order valence-electron chi connectivity index (χ1n) is 6.87. The maximum atomic E-state index is 12.5. The van der Waals surface area contributed by atoms with Crippen LogP contribution in [0.5, 0.6) is 0 Å². The summed E-state index contributed by atoms with van der Waals surface area (Å²) in [6, 6.07) is 11.5. The van der Waals surface area contributed by atoms with Crippen LogP contribution in [-0.2, 0) is 20.0 Å². The van der Waals surface area contributed by atoms with Crippen molar-refractivity contribution in [1.29, 1.82) is 0 Å². The predicted octanol–water partition coefficient (Wildman–Crippen LogP) is 2.34. The third-order valence-electron chi connectivity index (χ3n) is 3.36. The number of primary sulfonamides is 1. The Bertz CT molecular complexity index is 1180. The predicted molar refractivity (Wildman–Crippen MR) is 95.4 cm³/mol. The fourth-order valence-corrected chi connectivity index (χ4v) is 4.16. The van der Waals surface area contributed by atoms with Gasteiger partial charge >= 0.3 is 0 Å². The van der Waals surface area contributed by atoms with Gasteiger partial charge in [-0.15, -0.1) is 0 Å². The second-order valence-corrected chi connectivity index (χ2v) is 8.81. The summed E-state index contributed by atoms with van der Waals surface area (Å²) in [5.41, 5.74) is 0.763. The van der Waals surface area contributed by atoms with Crippen molar-refractivity contribution in [2.45, 2.75) is 9.79 Å². The standard InChI is InChI=1S/C15H12ClN3O4S2/c16-14-6-1-3-10-7-11(9-18-15(10)14)19-25(22,23)13-5-2-4-12(8-13)24(17,20)21/h1-9,19H,(H2,17,20,21). The highest BCUT2D eigenvalue weighted by molar-refractivity contribution is 7.93. The van der Waals surface area contributed by atoms with Crippen LogP contribution in [0.3, 0.4) is 0 Å². The SMILES string of the molecule is NS(=O)(=O)c1cccc(S(=O)(=O)Nc2cnc3c(Cl)cccc3c2)c1. The molecule has 3 aromatic rings. The molecule has 0 aliphatic heterocycles. The minimum absolute atomic E-state index is 0.218. The van der Waals surface area contributed by atoms with Gasteiger partial charge in [-0.2, -0.15) is 0 Å². The lowest BCUT2D eigenvalue weighted by Crippen LogP contribution is -2.16. The minimum atomic E-state index is -4.02. The normalized spacial score (nSPS) is 12.2. The lowest BCUT2D eigenvalue weighted by atomic mass is 10.2. The molecule has 10 heteroatoms. The highest BCUT2D eigenvalue weighted by Crippen LogP contribution is 2.25. The lowest BCUT2D eigenvalue weighted by Gasteiger charge is -2.10. The Morgan fingerprint density at radius 1 is 0.960 bits per heavy atom. The van der Waals surface area contributed by atoms with Crippen LogP contribution in [0.15, 0.2) is 64.5 Å². The molecule has 3 N–H and O–H groups in total. The second kappa shape index (κ2) is 6.26. The number of nitrogens with two attached hydrogens (primary N) is 1. The number of anilines is 1. The molecule has 0 spiro atoms. The molecule has 0 saturated heterocycles. The zero-order valence-corrected chi connectivity index (χ0v) is 14.9. The average Bonchev–Trinajstić information content (AvgIpc) is 2.54. The van der Waals surface area contributed by atoms with Crippen LogP contribution >= 0.6 is 11.6 Å². The van der Waals surface area contributed by atoms with Crippen molar-refractivity contribution in [3.63, 3.8) is 0 Å². The maximum absolute atomic E-state index is 12.5. The third kappa shape index (κ3) is 3.74. The van der Waals surface area contributed by atoms with Crippen molar-refractivity contribution < 1.29 is 16.8 Å². The van der Waals surface area contributed by atoms with Crippen molar-refractivity contribution in [2.24, 2.45) is 5.14 Å². The molecule has 0 radical (unpaired) electrons. The van der Waals surface area contributed by atoms with Crippen LogP contribution in [0.25, 0.3) is 10.9 Å². The highest BCUT2D eigenvalue weighted by Gasteiger charge is 2.18. The number of para-hydroxylation sites is 1. The molecule has 25 heavy (non-hydrogen) atoms. The van der Waals surface area contributed by atoms with E-state index in [2.05, 4.69) is 9.71 Å². The van der Waals surface area contributed by atoms with Crippen LogP contribution in [-0.4, -0.2) is 21.8 Å². The molecule has 0 bridgehead atoms. The van der Waals surface area contributed by atoms with E-state index in [0.29, 0.717) is 15.9 Å². The van der Waals surface area contributed by atoms with Gasteiger partial charge in [0, 0.05) is 5.39 Å². The Morgan fingerprint density at radius 3 is 2.36 bits per heavy atom. The molecule has 3 rings (SSSR count). The molecule has 0 aliphatic carbocycles. The third-order valence-corrected chi connectivity index (χ3v) is 5.95. The van der Waals surface area contributed by atoms with Gasteiger partial charge in [-0.05, 0) is 30.3 Å². The van der Waals surface area contributed by atoms with Gasteiger partial charge in [-0.1, -0.05) is 29.8 Å². The number of benzene rings is 2. The summed E-state index contributed by atoms with van der Waals surface area (Å²) in [5, 5.41) is 6.14. The van der Waals surface area contributed by atoms with E-state index in [9.17, 15) is 16.8 Å². The average molecular weight is 398 g/mol. The lowest BCUT2D eigenvalue weighted by molar-refractivity contribution is 0.597. The number of fused-ring (bicyclic) bond motifs is 1. The highest BCUT2D eigenvalue weighted by atomic mass is 35.5. The number of rotatable bonds is 4. The number of sulfonamides is 2. The Morgan fingerprint density at radius 2 is 1.64 bits per heavy atom. The summed E-state index contributed by atoms with van der Waals surface area (Å²) in [5.74, 6) is 0. The van der Waals surface area contributed by atoms with Crippen LogP contribution in [0.2, 0.25) is 5.02 Å². The summed E-state index contributed by atoms with van der Waals surface area (Å²) >= 11 is 6.03. The summed E-state index contributed by atoms with van der Waals surface area (Å²) in [4.78, 5) is 3.62. The van der Waals surface area contributed by atoms with E-state index in [4.69, 9.17) is 16.7 Å². The Balaban J connectivity index is 2.00. The van der Waals surface area contributed by atoms with E-state index in [-0.39, 0.29) is 15.5 Å². The zero-order chi connectivity index (χ0) is 18.2. The number of nitrogens with zero attached hydrogens (tertiary/aromatic N) is 1. The first-order chi connectivity index (χ1) is 11.7. The minimum Gasteiger partial charge on any atom is -0.278 e. The molecular formula is C15H12ClN3O4S2. The maximum Gasteiger partial charge on any atom is 0.261 e.